The van der Waals surface area contributed by atoms with Gasteiger partial charge in [-0.25, -0.2) is 0 Å². The topological polar surface area (TPSA) is 8.17 Å². The van der Waals surface area contributed by atoms with Crippen LogP contribution in [-0.4, -0.2) is 4.57 Å². The van der Waals surface area contributed by atoms with E-state index in [4.69, 9.17) is 0 Å². The molecule has 0 fully saturated rings. The van der Waals surface area contributed by atoms with E-state index in [0.717, 1.165) is 33.9 Å². The van der Waals surface area contributed by atoms with Gasteiger partial charge in [0.05, 0.1) is 16.4 Å². The van der Waals surface area contributed by atoms with Crippen LogP contribution >= 0.6 is 0 Å². The van der Waals surface area contributed by atoms with Crippen molar-refractivity contribution in [2.45, 2.75) is 5.41 Å². The summed E-state index contributed by atoms with van der Waals surface area (Å²) in [7, 11) is 0. The Balaban J connectivity index is 0.814. The van der Waals surface area contributed by atoms with Gasteiger partial charge in [-0.05, 0) is 179 Å². The molecule has 1 spiro atoms. The van der Waals surface area contributed by atoms with Crippen molar-refractivity contribution in [1.82, 2.24) is 4.57 Å². The second-order valence-electron chi connectivity index (χ2n) is 21.2. The molecule has 14 aromatic rings. The van der Waals surface area contributed by atoms with Crippen LogP contribution in [0.2, 0.25) is 0 Å². The van der Waals surface area contributed by atoms with E-state index in [2.05, 4.69) is 313 Å². The summed E-state index contributed by atoms with van der Waals surface area (Å²) in [4.78, 5) is 2.46. The van der Waals surface area contributed by atoms with Crippen LogP contribution in [0.4, 0.5) is 17.1 Å². The standard InChI is InChI=1S/C77H50N2/c1-2-16-51(17-3-1)53-34-41-62(42-35-53)79-75-31-13-9-27-69(75)70-49-60(38-45-76(70)79)57-21-14-20-56(47-57)58-22-15-23-63(48-58)78(61-39-36-54(37-40-61)59-33-32-52-18-4-5-19-55(52)46-59)64-43-44-68-67-26-8-12-30-73(67)77(74(68)50-64)71-28-10-6-24-65(71)66-25-7-11-29-72(66)77/h1-50H. The fourth-order valence-electron chi connectivity index (χ4n) is 13.4. The highest BCUT2D eigenvalue weighted by Gasteiger charge is 2.51. The molecule has 0 atom stereocenters. The second-order valence-corrected chi connectivity index (χ2v) is 21.2. The average molecular weight is 1000 g/mol. The van der Waals surface area contributed by atoms with Gasteiger partial charge in [0.1, 0.15) is 0 Å². The lowest BCUT2D eigenvalue weighted by Gasteiger charge is -2.32. The van der Waals surface area contributed by atoms with Gasteiger partial charge in [-0.3, -0.25) is 0 Å². The molecule has 0 saturated heterocycles. The molecule has 0 bridgehead atoms. The lowest BCUT2D eigenvalue weighted by atomic mass is 9.70. The van der Waals surface area contributed by atoms with Gasteiger partial charge in [-0.2, -0.15) is 0 Å². The highest BCUT2D eigenvalue weighted by molar-refractivity contribution is 6.10. The average Bonchev–Trinajstić information content (AvgIpc) is 4.01. The number of fused-ring (bicyclic) bond motifs is 14. The monoisotopic (exact) mass is 1000 g/mol. The predicted molar refractivity (Wildman–Crippen MR) is 331 cm³/mol. The molecule has 79 heavy (non-hydrogen) atoms. The van der Waals surface area contributed by atoms with Crippen molar-refractivity contribution in [3.05, 3.63) is 326 Å². The van der Waals surface area contributed by atoms with E-state index in [1.165, 1.54) is 110 Å². The molecule has 16 rings (SSSR count). The molecular weight excluding hydrogens is 953 g/mol. The van der Waals surface area contributed by atoms with E-state index >= 15 is 0 Å². The first-order valence-electron chi connectivity index (χ1n) is 27.4. The van der Waals surface area contributed by atoms with Gasteiger partial charge in [0.15, 0.2) is 0 Å². The Morgan fingerprint density at radius 3 is 1.43 bits per heavy atom. The first-order valence-corrected chi connectivity index (χ1v) is 27.4. The van der Waals surface area contributed by atoms with Crippen LogP contribution in [0.5, 0.6) is 0 Å². The van der Waals surface area contributed by atoms with Gasteiger partial charge >= 0.3 is 0 Å². The SMILES string of the molecule is c1ccc(-c2ccc(-n3c4ccccc4c4cc(-c5cccc(-c6cccc(N(c7ccc(-c8ccc9ccccc9c8)cc7)c7ccc8c(c7)C7(c9ccccc9-c9ccccc97)c7ccccc7-8)c6)c5)ccc43)cc2)cc1. The molecule has 2 aliphatic carbocycles. The molecule has 0 N–H and O–H groups in total. The number of benzene rings is 13. The van der Waals surface area contributed by atoms with Gasteiger partial charge in [0, 0.05) is 33.5 Å². The van der Waals surface area contributed by atoms with Gasteiger partial charge in [-0.1, -0.05) is 224 Å². The zero-order chi connectivity index (χ0) is 52.0. The normalized spacial score (nSPS) is 12.7. The molecule has 0 radical (unpaired) electrons. The fraction of sp³-hybridized carbons (Fsp3) is 0.0130. The number of hydrogen-bond donors (Lipinski definition) is 0. The van der Waals surface area contributed by atoms with Crippen LogP contribution in [0.25, 0.3) is 105 Å². The van der Waals surface area contributed by atoms with Crippen molar-refractivity contribution < 1.29 is 0 Å². The maximum atomic E-state index is 2.49. The quantitative estimate of drug-likeness (QED) is 0.147. The minimum absolute atomic E-state index is 0.463. The van der Waals surface area contributed by atoms with Crippen molar-refractivity contribution in [2.75, 3.05) is 4.90 Å². The summed E-state index contributed by atoms with van der Waals surface area (Å²) in [5.41, 5.74) is 26.4. The molecule has 2 nitrogen and oxygen atoms in total. The van der Waals surface area contributed by atoms with E-state index < -0.39 is 5.41 Å². The molecule has 13 aromatic carbocycles. The lowest BCUT2D eigenvalue weighted by Crippen LogP contribution is -2.26. The number of nitrogens with zero attached hydrogens (tertiary/aromatic N) is 2. The number of aromatic nitrogens is 1. The van der Waals surface area contributed by atoms with E-state index in [1.54, 1.807) is 0 Å². The van der Waals surface area contributed by atoms with Crippen LogP contribution in [0, 0.1) is 0 Å². The molecule has 2 aliphatic rings. The van der Waals surface area contributed by atoms with Gasteiger partial charge in [0.25, 0.3) is 0 Å². The third-order valence-electron chi connectivity index (χ3n) is 17.0. The van der Waals surface area contributed by atoms with Gasteiger partial charge in [-0.15, -0.1) is 0 Å². The summed E-state index contributed by atoms with van der Waals surface area (Å²) in [6.45, 7) is 0. The van der Waals surface area contributed by atoms with Gasteiger partial charge < -0.3 is 9.47 Å². The first-order chi connectivity index (χ1) is 39.2. The van der Waals surface area contributed by atoms with Crippen LogP contribution in [0.3, 0.4) is 0 Å². The van der Waals surface area contributed by atoms with Crippen LogP contribution in [-0.2, 0) is 5.41 Å². The number of hydrogen-bond acceptors (Lipinski definition) is 1. The Morgan fingerprint density at radius 2 is 0.709 bits per heavy atom. The van der Waals surface area contributed by atoms with Crippen molar-refractivity contribution >= 4 is 49.6 Å². The Bertz CT molecular complexity index is 4650. The maximum absolute atomic E-state index is 2.49. The summed E-state index contributed by atoms with van der Waals surface area (Å²) in [5.74, 6) is 0. The van der Waals surface area contributed by atoms with Crippen LogP contribution in [0.1, 0.15) is 22.3 Å². The zero-order valence-corrected chi connectivity index (χ0v) is 43.3. The molecule has 0 aliphatic heterocycles. The van der Waals surface area contributed by atoms with Crippen LogP contribution in [0.15, 0.2) is 303 Å². The highest BCUT2D eigenvalue weighted by Crippen LogP contribution is 2.63. The largest absolute Gasteiger partial charge is 0.310 e. The minimum Gasteiger partial charge on any atom is -0.310 e. The summed E-state index contributed by atoms with van der Waals surface area (Å²) in [6, 6.07) is 112. The third-order valence-corrected chi connectivity index (χ3v) is 17.0. The van der Waals surface area contributed by atoms with Crippen molar-refractivity contribution in [2.24, 2.45) is 0 Å². The molecule has 1 heterocycles. The van der Waals surface area contributed by atoms with E-state index in [1.807, 2.05) is 0 Å². The summed E-state index contributed by atoms with van der Waals surface area (Å²) in [5, 5.41) is 4.96. The summed E-state index contributed by atoms with van der Waals surface area (Å²) < 4.78 is 2.40. The Hall–Kier alpha value is -10.3. The molecule has 0 saturated carbocycles. The van der Waals surface area contributed by atoms with E-state index in [9.17, 15) is 0 Å². The van der Waals surface area contributed by atoms with Crippen molar-refractivity contribution in [3.63, 3.8) is 0 Å². The van der Waals surface area contributed by atoms with Crippen LogP contribution < -0.4 is 4.90 Å². The number of rotatable bonds is 8. The Kier molecular flexibility index (Phi) is 10.2. The maximum Gasteiger partial charge on any atom is 0.0726 e. The molecule has 0 unspecified atom stereocenters. The van der Waals surface area contributed by atoms with Crippen molar-refractivity contribution in [1.29, 1.82) is 0 Å². The zero-order valence-electron chi connectivity index (χ0n) is 43.3. The molecular formula is C77H50N2. The van der Waals surface area contributed by atoms with Gasteiger partial charge in [0.2, 0.25) is 0 Å². The molecule has 1 aromatic heterocycles. The third kappa shape index (κ3) is 7.05. The Labute approximate surface area is 460 Å². The molecule has 0 amide bonds. The predicted octanol–water partition coefficient (Wildman–Crippen LogP) is 20.4. The second kappa shape index (κ2) is 17.9. The van der Waals surface area contributed by atoms with E-state index in [-0.39, 0.29) is 0 Å². The van der Waals surface area contributed by atoms with Crippen molar-refractivity contribution in [3.8, 4) is 72.4 Å². The Morgan fingerprint density at radius 1 is 0.241 bits per heavy atom. The minimum atomic E-state index is -0.463. The molecule has 368 valence electrons. The highest BCUT2D eigenvalue weighted by atomic mass is 15.1. The summed E-state index contributed by atoms with van der Waals surface area (Å²) in [6.07, 6.45) is 0. The van der Waals surface area contributed by atoms with E-state index in [0.29, 0.717) is 0 Å². The fourth-order valence-corrected chi connectivity index (χ4v) is 13.4. The number of para-hydroxylation sites is 1. The first kappa shape index (κ1) is 45.0. The lowest BCUT2D eigenvalue weighted by molar-refractivity contribution is 0.793. The smallest absolute Gasteiger partial charge is 0.0726 e. The number of anilines is 3. The summed E-state index contributed by atoms with van der Waals surface area (Å²) >= 11 is 0. The molecule has 2 heteroatoms.